The van der Waals surface area contributed by atoms with Gasteiger partial charge in [-0.2, -0.15) is 0 Å². The van der Waals surface area contributed by atoms with Crippen LogP contribution in [0.15, 0.2) is 35.8 Å². The molecule has 2 heterocycles. The Morgan fingerprint density at radius 2 is 2.11 bits per heavy atom. The van der Waals surface area contributed by atoms with Gasteiger partial charge in [-0.3, -0.25) is 4.40 Å². The highest BCUT2D eigenvalue weighted by atomic mass is 35.5. The van der Waals surface area contributed by atoms with E-state index >= 15 is 0 Å². The van der Waals surface area contributed by atoms with Crippen molar-refractivity contribution in [2.24, 2.45) is 0 Å². The summed E-state index contributed by atoms with van der Waals surface area (Å²) in [5.41, 5.74) is 3.26. The summed E-state index contributed by atoms with van der Waals surface area (Å²) in [4.78, 5) is 5.31. The molecule has 92 valence electrons. The predicted octanol–water partition coefficient (Wildman–Crippen LogP) is 3.81. The number of hydrogen-bond acceptors (Lipinski definition) is 3. The van der Waals surface area contributed by atoms with Crippen LogP contribution in [0, 0.1) is 0 Å². The van der Waals surface area contributed by atoms with Gasteiger partial charge in [0.1, 0.15) is 5.75 Å². The highest BCUT2D eigenvalue weighted by Gasteiger charge is 2.10. The van der Waals surface area contributed by atoms with Crippen molar-refractivity contribution in [2.75, 3.05) is 7.11 Å². The van der Waals surface area contributed by atoms with Gasteiger partial charge in [0, 0.05) is 5.38 Å². The number of rotatable bonds is 3. The SMILES string of the molecule is COc1ccc(-c2csc3ncc(CCl)n23)cc1. The zero-order chi connectivity index (χ0) is 12.5. The molecule has 0 fully saturated rings. The van der Waals surface area contributed by atoms with E-state index in [9.17, 15) is 0 Å². The fourth-order valence-corrected chi connectivity index (χ4v) is 3.00. The summed E-state index contributed by atoms with van der Waals surface area (Å²) < 4.78 is 7.26. The number of fused-ring (bicyclic) bond motifs is 1. The smallest absolute Gasteiger partial charge is 0.194 e. The lowest BCUT2D eigenvalue weighted by Gasteiger charge is -2.04. The molecule has 0 aliphatic carbocycles. The molecule has 3 nitrogen and oxygen atoms in total. The van der Waals surface area contributed by atoms with Gasteiger partial charge in [0.05, 0.1) is 30.6 Å². The molecule has 0 aliphatic rings. The molecule has 0 N–H and O–H groups in total. The van der Waals surface area contributed by atoms with Crippen molar-refractivity contribution in [2.45, 2.75) is 5.88 Å². The van der Waals surface area contributed by atoms with Gasteiger partial charge in [-0.1, -0.05) is 0 Å². The Kier molecular flexibility index (Phi) is 2.97. The van der Waals surface area contributed by atoms with E-state index in [-0.39, 0.29) is 0 Å². The highest BCUT2D eigenvalue weighted by molar-refractivity contribution is 7.15. The van der Waals surface area contributed by atoms with Crippen LogP contribution in [0.1, 0.15) is 5.69 Å². The van der Waals surface area contributed by atoms with E-state index in [1.165, 1.54) is 0 Å². The topological polar surface area (TPSA) is 26.5 Å². The average molecular weight is 279 g/mol. The molecule has 0 atom stereocenters. The highest BCUT2D eigenvalue weighted by Crippen LogP contribution is 2.28. The molecule has 0 saturated heterocycles. The van der Waals surface area contributed by atoms with E-state index in [4.69, 9.17) is 16.3 Å². The number of ether oxygens (including phenoxy) is 1. The number of methoxy groups -OCH3 is 1. The van der Waals surface area contributed by atoms with Crippen LogP contribution < -0.4 is 4.74 Å². The number of halogens is 1. The lowest BCUT2D eigenvalue weighted by Crippen LogP contribution is -1.90. The largest absolute Gasteiger partial charge is 0.497 e. The van der Waals surface area contributed by atoms with Crippen LogP contribution in [-0.4, -0.2) is 16.5 Å². The molecule has 5 heteroatoms. The monoisotopic (exact) mass is 278 g/mol. The molecular weight excluding hydrogens is 268 g/mol. The van der Waals surface area contributed by atoms with E-state index in [1.807, 2.05) is 30.5 Å². The van der Waals surface area contributed by atoms with Crippen molar-refractivity contribution in [1.29, 1.82) is 0 Å². The molecule has 0 radical (unpaired) electrons. The fraction of sp³-hybridized carbons (Fsp3) is 0.154. The summed E-state index contributed by atoms with van der Waals surface area (Å²) in [5.74, 6) is 1.31. The average Bonchev–Trinajstić information content (AvgIpc) is 3.00. The molecule has 3 aromatic rings. The lowest BCUT2D eigenvalue weighted by molar-refractivity contribution is 0.415. The fourth-order valence-electron chi connectivity index (χ4n) is 1.92. The maximum atomic E-state index is 5.94. The maximum Gasteiger partial charge on any atom is 0.194 e. The molecule has 0 amide bonds. The van der Waals surface area contributed by atoms with Crippen LogP contribution in [0.4, 0.5) is 0 Å². The summed E-state index contributed by atoms with van der Waals surface area (Å²) in [6.07, 6.45) is 1.83. The van der Waals surface area contributed by atoms with Gasteiger partial charge in [-0.15, -0.1) is 22.9 Å². The van der Waals surface area contributed by atoms with Crippen molar-refractivity contribution >= 4 is 27.9 Å². The molecule has 0 spiro atoms. The zero-order valence-corrected chi connectivity index (χ0v) is 11.3. The van der Waals surface area contributed by atoms with Crippen LogP contribution in [0.2, 0.25) is 0 Å². The van der Waals surface area contributed by atoms with Gasteiger partial charge in [-0.05, 0) is 29.8 Å². The third-order valence-corrected chi connectivity index (χ3v) is 3.96. The van der Waals surface area contributed by atoms with Gasteiger partial charge >= 0.3 is 0 Å². The van der Waals surface area contributed by atoms with Gasteiger partial charge in [0.25, 0.3) is 0 Å². The Labute approximate surface area is 114 Å². The second kappa shape index (κ2) is 4.63. The summed E-state index contributed by atoms with van der Waals surface area (Å²) in [6, 6.07) is 7.99. The second-order valence-corrected chi connectivity index (χ2v) is 4.95. The van der Waals surface area contributed by atoms with Gasteiger partial charge in [0.15, 0.2) is 4.96 Å². The van der Waals surface area contributed by atoms with Crippen molar-refractivity contribution in [3.63, 3.8) is 0 Å². The van der Waals surface area contributed by atoms with Crippen LogP contribution in [0.25, 0.3) is 16.2 Å². The summed E-state index contributed by atoms with van der Waals surface area (Å²) in [7, 11) is 1.67. The Balaban J connectivity index is 2.14. The van der Waals surface area contributed by atoms with E-state index < -0.39 is 0 Å². The molecule has 0 unspecified atom stereocenters. The molecule has 0 aliphatic heterocycles. The minimum Gasteiger partial charge on any atom is -0.497 e. The Morgan fingerprint density at radius 3 is 2.78 bits per heavy atom. The normalized spacial score (nSPS) is 11.0. The first-order chi connectivity index (χ1) is 8.83. The van der Waals surface area contributed by atoms with Crippen LogP contribution in [0.5, 0.6) is 5.75 Å². The van der Waals surface area contributed by atoms with Crippen LogP contribution >= 0.6 is 22.9 Å². The molecule has 1 aromatic carbocycles. The first kappa shape index (κ1) is 11.6. The van der Waals surface area contributed by atoms with Crippen molar-refractivity contribution in [3.8, 4) is 17.0 Å². The molecule has 2 aromatic heterocycles. The molecule has 18 heavy (non-hydrogen) atoms. The number of nitrogens with zero attached hydrogens (tertiary/aromatic N) is 2. The van der Waals surface area contributed by atoms with E-state index in [0.29, 0.717) is 5.88 Å². The molecule has 3 rings (SSSR count). The maximum absolute atomic E-state index is 5.94. The number of imidazole rings is 1. The number of aromatic nitrogens is 2. The quantitative estimate of drug-likeness (QED) is 0.681. The van der Waals surface area contributed by atoms with Gasteiger partial charge in [-0.25, -0.2) is 4.98 Å². The van der Waals surface area contributed by atoms with Crippen molar-refractivity contribution < 1.29 is 4.74 Å². The van der Waals surface area contributed by atoms with Gasteiger partial charge < -0.3 is 4.74 Å². The second-order valence-electron chi connectivity index (χ2n) is 3.85. The summed E-state index contributed by atoms with van der Waals surface area (Å²) in [6.45, 7) is 0. The third kappa shape index (κ3) is 1.78. The molecule has 0 bridgehead atoms. The van der Waals surface area contributed by atoms with Crippen LogP contribution in [0.3, 0.4) is 0 Å². The van der Waals surface area contributed by atoms with E-state index in [1.54, 1.807) is 18.4 Å². The van der Waals surface area contributed by atoms with E-state index in [2.05, 4.69) is 14.8 Å². The number of hydrogen-bond donors (Lipinski definition) is 0. The molecule has 0 saturated carbocycles. The summed E-state index contributed by atoms with van der Waals surface area (Å²) in [5, 5.41) is 2.10. The minimum absolute atomic E-state index is 0.459. The first-order valence-corrected chi connectivity index (χ1v) is 6.89. The minimum atomic E-state index is 0.459. The van der Waals surface area contributed by atoms with Crippen molar-refractivity contribution in [3.05, 3.63) is 41.5 Å². The Bertz CT molecular complexity index is 672. The third-order valence-electron chi connectivity index (χ3n) is 2.84. The standard InChI is InChI=1S/C13H11ClN2OS/c1-17-11-4-2-9(3-5-11)12-8-18-13-15-7-10(6-14)16(12)13/h2-5,7-8H,6H2,1H3. The predicted molar refractivity (Wildman–Crippen MR) is 74.6 cm³/mol. The number of benzene rings is 1. The Morgan fingerprint density at radius 1 is 1.33 bits per heavy atom. The van der Waals surface area contributed by atoms with Crippen LogP contribution in [-0.2, 0) is 5.88 Å². The van der Waals surface area contributed by atoms with E-state index in [0.717, 1.165) is 27.7 Å². The number of thiazole rings is 1. The summed E-state index contributed by atoms with van der Waals surface area (Å²) >= 11 is 7.55. The Hall–Kier alpha value is -1.52. The van der Waals surface area contributed by atoms with Crippen molar-refractivity contribution in [1.82, 2.24) is 9.38 Å². The molecular formula is C13H11ClN2OS. The van der Waals surface area contributed by atoms with Gasteiger partial charge in [0.2, 0.25) is 0 Å². The first-order valence-electron chi connectivity index (χ1n) is 5.47. The number of alkyl halides is 1. The zero-order valence-electron chi connectivity index (χ0n) is 9.76. The lowest BCUT2D eigenvalue weighted by atomic mass is 10.1.